The van der Waals surface area contributed by atoms with E-state index in [1.54, 1.807) is 11.8 Å². The van der Waals surface area contributed by atoms with Crippen LogP contribution >= 0.6 is 0 Å². The van der Waals surface area contributed by atoms with Crippen LogP contribution in [-0.4, -0.2) is 29.8 Å². The van der Waals surface area contributed by atoms with Crippen LogP contribution in [-0.2, 0) is 15.8 Å². The van der Waals surface area contributed by atoms with Crippen molar-refractivity contribution >= 4 is 11.8 Å². The third-order valence-corrected chi connectivity index (χ3v) is 3.85. The van der Waals surface area contributed by atoms with E-state index in [0.717, 1.165) is 18.6 Å². The van der Waals surface area contributed by atoms with E-state index < -0.39 is 17.8 Å². The molecule has 0 spiro atoms. The van der Waals surface area contributed by atoms with Crippen molar-refractivity contribution in [2.24, 2.45) is 0 Å². The molecule has 1 heterocycles. The van der Waals surface area contributed by atoms with Gasteiger partial charge in [0.25, 0.3) is 0 Å². The molecule has 0 aliphatic carbocycles. The SMILES string of the molecule is CCC(=O)N[C@H](CN1CCCC1=O)c1cccc(C(F)(F)F)c1. The molecule has 1 aliphatic rings. The number of nitrogens with one attached hydrogen (secondary N) is 1. The maximum absolute atomic E-state index is 12.9. The van der Waals surface area contributed by atoms with Crippen molar-refractivity contribution in [3.8, 4) is 0 Å². The number of carbonyl (C=O) groups is 2. The molecule has 2 amide bonds. The number of likely N-dealkylation sites (tertiary alicyclic amines) is 1. The van der Waals surface area contributed by atoms with Gasteiger partial charge in [-0.1, -0.05) is 19.1 Å². The molecule has 1 aliphatic heterocycles. The van der Waals surface area contributed by atoms with E-state index >= 15 is 0 Å². The van der Waals surface area contributed by atoms with Crippen molar-refractivity contribution in [1.29, 1.82) is 0 Å². The zero-order valence-electron chi connectivity index (χ0n) is 12.8. The lowest BCUT2D eigenvalue weighted by molar-refractivity contribution is -0.137. The van der Waals surface area contributed by atoms with Crippen LogP contribution in [0.15, 0.2) is 24.3 Å². The minimum atomic E-state index is -4.45. The number of benzene rings is 1. The molecular formula is C16H19F3N2O2. The molecule has 1 atom stereocenters. The highest BCUT2D eigenvalue weighted by atomic mass is 19.4. The second-order valence-corrected chi connectivity index (χ2v) is 5.54. The summed E-state index contributed by atoms with van der Waals surface area (Å²) in [5.74, 6) is -0.299. The molecule has 1 fully saturated rings. The van der Waals surface area contributed by atoms with Gasteiger partial charge in [-0.2, -0.15) is 13.2 Å². The summed E-state index contributed by atoms with van der Waals surface area (Å²) < 4.78 is 38.6. The number of carbonyl (C=O) groups excluding carboxylic acids is 2. The Morgan fingerprint density at radius 3 is 2.70 bits per heavy atom. The van der Waals surface area contributed by atoms with Crippen molar-refractivity contribution in [3.63, 3.8) is 0 Å². The summed E-state index contributed by atoms with van der Waals surface area (Å²) in [5.41, 5.74) is -0.417. The van der Waals surface area contributed by atoms with Gasteiger partial charge < -0.3 is 10.2 Å². The lowest BCUT2D eigenvalue weighted by atomic mass is 10.0. The Bertz CT molecular complexity index is 587. The Morgan fingerprint density at radius 1 is 1.39 bits per heavy atom. The molecule has 0 radical (unpaired) electrons. The third-order valence-electron chi connectivity index (χ3n) is 3.85. The molecule has 23 heavy (non-hydrogen) atoms. The van der Waals surface area contributed by atoms with Crippen LogP contribution < -0.4 is 5.32 Å². The highest BCUT2D eigenvalue weighted by Crippen LogP contribution is 2.31. The van der Waals surface area contributed by atoms with Crippen LogP contribution in [0.1, 0.15) is 43.4 Å². The van der Waals surface area contributed by atoms with E-state index in [2.05, 4.69) is 5.32 Å². The van der Waals surface area contributed by atoms with Crippen LogP contribution in [0, 0.1) is 0 Å². The number of hydrogen-bond donors (Lipinski definition) is 1. The Balaban J connectivity index is 2.25. The number of amides is 2. The largest absolute Gasteiger partial charge is 0.416 e. The van der Waals surface area contributed by atoms with Crippen molar-refractivity contribution < 1.29 is 22.8 Å². The zero-order valence-corrected chi connectivity index (χ0v) is 12.8. The van der Waals surface area contributed by atoms with E-state index in [9.17, 15) is 22.8 Å². The summed E-state index contributed by atoms with van der Waals surface area (Å²) >= 11 is 0. The number of rotatable bonds is 5. The van der Waals surface area contributed by atoms with Gasteiger partial charge in [-0.3, -0.25) is 9.59 Å². The maximum atomic E-state index is 12.9. The standard InChI is InChI=1S/C16H19F3N2O2/c1-2-14(22)20-13(10-21-8-4-7-15(21)23)11-5-3-6-12(9-11)16(17,18)19/h3,5-6,9,13H,2,4,7-8,10H2,1H3,(H,20,22)/t13-/m1/s1. The molecule has 0 aromatic heterocycles. The average Bonchev–Trinajstić information content (AvgIpc) is 2.91. The van der Waals surface area contributed by atoms with E-state index in [1.807, 2.05) is 0 Å². The summed E-state index contributed by atoms with van der Waals surface area (Å²) in [7, 11) is 0. The molecule has 1 saturated heterocycles. The first-order valence-electron chi connectivity index (χ1n) is 7.55. The Labute approximate surface area is 132 Å². The molecule has 1 N–H and O–H groups in total. The molecule has 0 unspecified atom stereocenters. The van der Waals surface area contributed by atoms with Gasteiger partial charge in [0.05, 0.1) is 11.6 Å². The minimum Gasteiger partial charge on any atom is -0.348 e. The van der Waals surface area contributed by atoms with Crippen molar-refractivity contribution in [2.45, 2.75) is 38.4 Å². The smallest absolute Gasteiger partial charge is 0.348 e. The second kappa shape index (κ2) is 7.02. The lowest BCUT2D eigenvalue weighted by Crippen LogP contribution is -2.38. The van der Waals surface area contributed by atoms with Crippen molar-refractivity contribution in [3.05, 3.63) is 35.4 Å². The molecule has 0 saturated carbocycles. The van der Waals surface area contributed by atoms with Gasteiger partial charge in [0.15, 0.2) is 0 Å². The first-order valence-corrected chi connectivity index (χ1v) is 7.55. The lowest BCUT2D eigenvalue weighted by Gasteiger charge is -2.25. The summed E-state index contributed by atoms with van der Waals surface area (Å²) in [6.07, 6.45) is -3.05. The maximum Gasteiger partial charge on any atom is 0.416 e. The number of halogens is 3. The van der Waals surface area contributed by atoms with E-state index in [4.69, 9.17) is 0 Å². The fraction of sp³-hybridized carbons (Fsp3) is 0.500. The molecule has 4 nitrogen and oxygen atoms in total. The van der Waals surface area contributed by atoms with Crippen LogP contribution in [0.5, 0.6) is 0 Å². The van der Waals surface area contributed by atoms with Crippen molar-refractivity contribution in [2.75, 3.05) is 13.1 Å². The Kier molecular flexibility index (Phi) is 5.28. The Hall–Kier alpha value is -2.05. The molecule has 126 valence electrons. The normalized spacial score (nSPS) is 16.5. The van der Waals surface area contributed by atoms with Gasteiger partial charge >= 0.3 is 6.18 Å². The summed E-state index contributed by atoms with van der Waals surface area (Å²) in [6.45, 7) is 2.42. The van der Waals surface area contributed by atoms with Crippen LogP contribution in [0.25, 0.3) is 0 Å². The van der Waals surface area contributed by atoms with Gasteiger partial charge in [-0.25, -0.2) is 0 Å². The molecular weight excluding hydrogens is 309 g/mol. The topological polar surface area (TPSA) is 49.4 Å². The number of hydrogen-bond acceptors (Lipinski definition) is 2. The highest BCUT2D eigenvalue weighted by Gasteiger charge is 2.32. The van der Waals surface area contributed by atoms with E-state index in [0.29, 0.717) is 18.5 Å². The monoisotopic (exact) mass is 328 g/mol. The summed E-state index contributed by atoms with van der Waals surface area (Å²) in [5, 5.41) is 2.71. The number of nitrogens with zero attached hydrogens (tertiary/aromatic N) is 1. The van der Waals surface area contributed by atoms with Gasteiger partial charge in [0.1, 0.15) is 0 Å². The molecule has 0 bridgehead atoms. The molecule has 2 rings (SSSR count). The molecule has 7 heteroatoms. The van der Waals surface area contributed by atoms with Gasteiger partial charge in [0, 0.05) is 25.9 Å². The van der Waals surface area contributed by atoms with Crippen molar-refractivity contribution in [1.82, 2.24) is 10.2 Å². The minimum absolute atomic E-state index is 0.0345. The fourth-order valence-corrected chi connectivity index (χ4v) is 2.58. The van der Waals surface area contributed by atoms with Gasteiger partial charge in [-0.05, 0) is 24.1 Å². The van der Waals surface area contributed by atoms with Gasteiger partial charge in [-0.15, -0.1) is 0 Å². The highest BCUT2D eigenvalue weighted by molar-refractivity contribution is 5.78. The quantitative estimate of drug-likeness (QED) is 0.903. The predicted molar refractivity (Wildman–Crippen MR) is 78.4 cm³/mol. The number of alkyl halides is 3. The van der Waals surface area contributed by atoms with E-state index in [1.165, 1.54) is 12.1 Å². The third kappa shape index (κ3) is 4.46. The van der Waals surface area contributed by atoms with Crippen LogP contribution in [0.3, 0.4) is 0 Å². The van der Waals surface area contributed by atoms with Gasteiger partial charge in [0.2, 0.25) is 11.8 Å². The average molecular weight is 328 g/mol. The fourth-order valence-electron chi connectivity index (χ4n) is 2.58. The van der Waals surface area contributed by atoms with Crippen LogP contribution in [0.2, 0.25) is 0 Å². The Morgan fingerprint density at radius 2 is 2.13 bits per heavy atom. The predicted octanol–water partition coefficient (Wildman–Crippen LogP) is 2.90. The first-order chi connectivity index (χ1) is 10.8. The van der Waals surface area contributed by atoms with E-state index in [-0.39, 0.29) is 24.8 Å². The molecule has 1 aromatic rings. The summed E-state index contributed by atoms with van der Waals surface area (Å²) in [4.78, 5) is 25.0. The second-order valence-electron chi connectivity index (χ2n) is 5.54. The van der Waals surface area contributed by atoms with Crippen LogP contribution in [0.4, 0.5) is 13.2 Å². The molecule has 1 aromatic carbocycles. The zero-order chi connectivity index (χ0) is 17.0. The first kappa shape index (κ1) is 17.3. The summed E-state index contributed by atoms with van der Waals surface area (Å²) in [6, 6.07) is 4.22.